The highest BCUT2D eigenvalue weighted by Crippen LogP contribution is 2.20. The highest BCUT2D eigenvalue weighted by Gasteiger charge is 2.18. The zero-order chi connectivity index (χ0) is 18.4. The summed E-state index contributed by atoms with van der Waals surface area (Å²) < 4.78 is 0. The van der Waals surface area contributed by atoms with Crippen LogP contribution in [0, 0.1) is 10.1 Å². The van der Waals surface area contributed by atoms with E-state index in [2.05, 4.69) is 10.3 Å². The van der Waals surface area contributed by atoms with Gasteiger partial charge in [0.25, 0.3) is 5.69 Å². The minimum Gasteiger partial charge on any atom is -0.343 e. The first-order valence-electron chi connectivity index (χ1n) is 8.12. The van der Waals surface area contributed by atoms with Crippen LogP contribution in [0.1, 0.15) is 22.9 Å². The summed E-state index contributed by atoms with van der Waals surface area (Å²) in [6.07, 6.45) is 1.82. The van der Waals surface area contributed by atoms with Crippen molar-refractivity contribution in [2.45, 2.75) is 12.5 Å². The van der Waals surface area contributed by atoms with Gasteiger partial charge < -0.3 is 5.32 Å². The summed E-state index contributed by atoms with van der Waals surface area (Å²) in [4.78, 5) is 27.1. The maximum atomic E-state index is 12.5. The van der Waals surface area contributed by atoms with E-state index in [-0.39, 0.29) is 24.1 Å². The summed E-state index contributed by atoms with van der Waals surface area (Å²) in [5.41, 5.74) is 2.39. The normalized spacial score (nSPS) is 11.5. The molecule has 0 saturated carbocycles. The molecule has 0 fully saturated rings. The van der Waals surface area contributed by atoms with E-state index in [0.29, 0.717) is 5.56 Å². The van der Waals surface area contributed by atoms with Gasteiger partial charge in [-0.15, -0.1) is 0 Å². The van der Waals surface area contributed by atoms with Crippen LogP contribution in [0.4, 0.5) is 5.69 Å². The Hall–Kier alpha value is -3.54. The van der Waals surface area contributed by atoms with Crippen LogP contribution >= 0.6 is 0 Å². The molecule has 130 valence electrons. The molecule has 0 aliphatic rings. The average molecular weight is 347 g/mol. The summed E-state index contributed by atoms with van der Waals surface area (Å²) >= 11 is 0. The predicted octanol–water partition coefficient (Wildman–Crippen LogP) is 3.44. The summed E-state index contributed by atoms with van der Waals surface area (Å²) in [7, 11) is 0. The molecule has 0 unspecified atom stereocenters. The van der Waals surface area contributed by atoms with Gasteiger partial charge >= 0.3 is 0 Å². The summed E-state index contributed by atoms with van der Waals surface area (Å²) in [6.45, 7) is 0. The third-order valence-electron chi connectivity index (χ3n) is 3.93. The van der Waals surface area contributed by atoms with E-state index in [1.54, 1.807) is 18.3 Å². The SMILES string of the molecule is O=C(Cc1ccc([N+](=O)[O-])cc1)N[C@H](c1ccccc1)c1ccccn1. The van der Waals surface area contributed by atoms with E-state index in [4.69, 9.17) is 0 Å². The van der Waals surface area contributed by atoms with Crippen molar-refractivity contribution >= 4 is 11.6 Å². The molecule has 6 heteroatoms. The number of nitro groups is 1. The Balaban J connectivity index is 1.76. The van der Waals surface area contributed by atoms with E-state index >= 15 is 0 Å². The number of rotatable bonds is 6. The molecule has 0 bridgehead atoms. The first kappa shape index (κ1) is 17.3. The number of hydrogen-bond donors (Lipinski definition) is 1. The Labute approximate surface area is 150 Å². The average Bonchev–Trinajstić information content (AvgIpc) is 2.68. The number of carbonyl (C=O) groups is 1. The van der Waals surface area contributed by atoms with Crippen LogP contribution in [0.5, 0.6) is 0 Å². The molecule has 3 rings (SSSR count). The van der Waals surface area contributed by atoms with Gasteiger partial charge in [0.15, 0.2) is 0 Å². The number of nitrogens with one attached hydrogen (secondary N) is 1. The molecule has 1 amide bonds. The second-order valence-corrected chi connectivity index (χ2v) is 5.77. The molecule has 1 atom stereocenters. The van der Waals surface area contributed by atoms with Crippen molar-refractivity contribution in [2.24, 2.45) is 0 Å². The Bertz CT molecular complexity index is 842. The molecule has 1 N–H and O–H groups in total. The van der Waals surface area contributed by atoms with E-state index in [9.17, 15) is 14.9 Å². The summed E-state index contributed by atoms with van der Waals surface area (Å²) in [6, 6.07) is 20.8. The lowest BCUT2D eigenvalue weighted by molar-refractivity contribution is -0.384. The van der Waals surface area contributed by atoms with Crippen molar-refractivity contribution < 1.29 is 9.72 Å². The highest BCUT2D eigenvalue weighted by atomic mass is 16.6. The number of aromatic nitrogens is 1. The Morgan fingerprint density at radius 2 is 1.69 bits per heavy atom. The summed E-state index contributed by atoms with van der Waals surface area (Å²) in [5, 5.41) is 13.7. The van der Waals surface area contributed by atoms with Crippen molar-refractivity contribution in [3.63, 3.8) is 0 Å². The Morgan fingerprint density at radius 1 is 1.00 bits per heavy atom. The van der Waals surface area contributed by atoms with Crippen LogP contribution in [-0.2, 0) is 11.2 Å². The molecule has 0 aliphatic heterocycles. The number of non-ortho nitro benzene ring substituents is 1. The minimum absolute atomic E-state index is 0.00445. The van der Waals surface area contributed by atoms with E-state index in [1.165, 1.54) is 12.1 Å². The Morgan fingerprint density at radius 3 is 2.31 bits per heavy atom. The lowest BCUT2D eigenvalue weighted by atomic mass is 10.0. The third-order valence-corrected chi connectivity index (χ3v) is 3.93. The van der Waals surface area contributed by atoms with Gasteiger partial charge in [0, 0.05) is 18.3 Å². The van der Waals surface area contributed by atoms with Gasteiger partial charge in [-0.2, -0.15) is 0 Å². The number of pyridine rings is 1. The molecule has 0 radical (unpaired) electrons. The van der Waals surface area contributed by atoms with Crippen molar-refractivity contribution in [3.05, 3.63) is 106 Å². The van der Waals surface area contributed by atoms with Crippen molar-refractivity contribution in [3.8, 4) is 0 Å². The van der Waals surface area contributed by atoms with E-state index in [0.717, 1.165) is 11.3 Å². The molecule has 26 heavy (non-hydrogen) atoms. The molecule has 1 aromatic heterocycles. The quantitative estimate of drug-likeness (QED) is 0.547. The van der Waals surface area contributed by atoms with Crippen LogP contribution < -0.4 is 5.32 Å². The van der Waals surface area contributed by atoms with Crippen LogP contribution in [0.15, 0.2) is 79.0 Å². The van der Waals surface area contributed by atoms with Crippen LogP contribution in [0.25, 0.3) is 0 Å². The standard InChI is InChI=1S/C20H17N3O3/c24-19(14-15-9-11-17(12-10-15)23(25)26)22-20(16-6-2-1-3-7-16)18-8-4-5-13-21-18/h1-13,20H,14H2,(H,22,24)/t20-/m1/s1. The molecule has 3 aromatic rings. The van der Waals surface area contributed by atoms with Crippen molar-refractivity contribution in [2.75, 3.05) is 0 Å². The van der Waals surface area contributed by atoms with Crippen LogP contribution in [0.3, 0.4) is 0 Å². The maximum Gasteiger partial charge on any atom is 0.269 e. The molecular weight excluding hydrogens is 330 g/mol. The smallest absolute Gasteiger partial charge is 0.269 e. The predicted molar refractivity (Wildman–Crippen MR) is 97.5 cm³/mol. The molecule has 0 spiro atoms. The van der Waals surface area contributed by atoms with Crippen LogP contribution in [-0.4, -0.2) is 15.8 Å². The lowest BCUT2D eigenvalue weighted by Gasteiger charge is -2.19. The topological polar surface area (TPSA) is 85.1 Å². The van der Waals surface area contributed by atoms with E-state index in [1.807, 2.05) is 48.5 Å². The van der Waals surface area contributed by atoms with Gasteiger partial charge in [0.1, 0.15) is 0 Å². The zero-order valence-electron chi connectivity index (χ0n) is 13.9. The highest BCUT2D eigenvalue weighted by molar-refractivity contribution is 5.79. The van der Waals surface area contributed by atoms with Gasteiger partial charge in [0.2, 0.25) is 5.91 Å². The second kappa shape index (κ2) is 8.02. The van der Waals surface area contributed by atoms with E-state index < -0.39 is 4.92 Å². The van der Waals surface area contributed by atoms with Gasteiger partial charge in [0.05, 0.1) is 23.1 Å². The van der Waals surface area contributed by atoms with Crippen molar-refractivity contribution in [1.82, 2.24) is 10.3 Å². The fourth-order valence-corrected chi connectivity index (χ4v) is 2.65. The van der Waals surface area contributed by atoms with Crippen molar-refractivity contribution in [1.29, 1.82) is 0 Å². The molecule has 0 aliphatic carbocycles. The largest absolute Gasteiger partial charge is 0.343 e. The first-order chi connectivity index (χ1) is 12.6. The molecule has 1 heterocycles. The number of nitro benzene ring substituents is 1. The zero-order valence-corrected chi connectivity index (χ0v) is 13.9. The number of benzene rings is 2. The van der Waals surface area contributed by atoms with Gasteiger partial charge in [-0.3, -0.25) is 19.9 Å². The van der Waals surface area contributed by atoms with Gasteiger partial charge in [-0.1, -0.05) is 48.5 Å². The number of hydrogen-bond acceptors (Lipinski definition) is 4. The fraction of sp³-hybridized carbons (Fsp3) is 0.100. The van der Waals surface area contributed by atoms with Gasteiger partial charge in [-0.25, -0.2) is 0 Å². The minimum atomic E-state index is -0.462. The molecular formula is C20H17N3O3. The Kier molecular flexibility index (Phi) is 5.34. The number of nitrogens with zero attached hydrogens (tertiary/aromatic N) is 2. The molecule has 2 aromatic carbocycles. The monoisotopic (exact) mass is 347 g/mol. The molecule has 6 nitrogen and oxygen atoms in total. The summed E-state index contributed by atoms with van der Waals surface area (Å²) in [5.74, 6) is -0.182. The van der Waals surface area contributed by atoms with Crippen LogP contribution in [0.2, 0.25) is 0 Å². The second-order valence-electron chi connectivity index (χ2n) is 5.77. The lowest BCUT2D eigenvalue weighted by Crippen LogP contribution is -2.31. The number of carbonyl (C=O) groups excluding carboxylic acids is 1. The first-order valence-corrected chi connectivity index (χ1v) is 8.12. The maximum absolute atomic E-state index is 12.5. The molecule has 0 saturated heterocycles. The number of amides is 1. The van der Waals surface area contributed by atoms with Gasteiger partial charge in [-0.05, 0) is 23.3 Å². The fourth-order valence-electron chi connectivity index (χ4n) is 2.65. The third kappa shape index (κ3) is 4.30.